The number of amides is 1. The van der Waals surface area contributed by atoms with Gasteiger partial charge in [0.25, 0.3) is 11.7 Å². The number of carbonyl (C=O) groups is 2. The summed E-state index contributed by atoms with van der Waals surface area (Å²) in [5, 5.41) is 4.44. The van der Waals surface area contributed by atoms with Crippen LogP contribution < -0.4 is 0 Å². The number of likely N-dealkylation sites (tertiary alicyclic amines) is 1. The van der Waals surface area contributed by atoms with Crippen molar-refractivity contribution in [1.82, 2.24) is 14.7 Å². The first-order valence-corrected chi connectivity index (χ1v) is 7.55. The number of hydrogen-bond acceptors (Lipinski definition) is 3. The van der Waals surface area contributed by atoms with Crippen LogP contribution in [0.5, 0.6) is 0 Å². The van der Waals surface area contributed by atoms with Gasteiger partial charge in [-0.3, -0.25) is 9.59 Å². The third-order valence-electron chi connectivity index (χ3n) is 4.11. The molecule has 0 bridgehead atoms. The van der Waals surface area contributed by atoms with E-state index in [4.69, 9.17) is 0 Å². The fourth-order valence-electron chi connectivity index (χ4n) is 2.96. The van der Waals surface area contributed by atoms with E-state index in [1.54, 1.807) is 16.5 Å². The summed E-state index contributed by atoms with van der Waals surface area (Å²) in [6, 6.07) is 9.62. The van der Waals surface area contributed by atoms with Gasteiger partial charge in [0.2, 0.25) is 0 Å². The average molecular weight is 297 g/mol. The summed E-state index contributed by atoms with van der Waals surface area (Å²) in [7, 11) is 0. The van der Waals surface area contributed by atoms with E-state index in [2.05, 4.69) is 5.10 Å². The van der Waals surface area contributed by atoms with Gasteiger partial charge in [-0.05, 0) is 38.8 Å². The van der Waals surface area contributed by atoms with Crippen LogP contribution in [0.25, 0.3) is 5.69 Å². The lowest BCUT2D eigenvalue weighted by molar-refractivity contribution is -0.125. The first kappa shape index (κ1) is 14.5. The number of Topliss-reactive ketones (excluding diaryl/α,β-unsaturated/α-hetero) is 1. The molecule has 22 heavy (non-hydrogen) atoms. The number of nitrogens with zero attached hydrogens (tertiary/aromatic N) is 3. The molecule has 0 N–H and O–H groups in total. The highest BCUT2D eigenvalue weighted by Gasteiger charge is 2.30. The Kier molecular flexibility index (Phi) is 3.79. The number of rotatable bonds is 3. The van der Waals surface area contributed by atoms with E-state index < -0.39 is 11.7 Å². The number of benzene rings is 1. The fourth-order valence-corrected chi connectivity index (χ4v) is 2.96. The van der Waals surface area contributed by atoms with E-state index in [0.717, 1.165) is 18.5 Å². The molecule has 2 aromatic rings. The van der Waals surface area contributed by atoms with Gasteiger partial charge in [0, 0.05) is 13.1 Å². The predicted octanol–water partition coefficient (Wildman–Crippen LogP) is 2.29. The van der Waals surface area contributed by atoms with Crippen LogP contribution in [0, 0.1) is 13.8 Å². The Hall–Kier alpha value is -2.43. The molecule has 1 amide bonds. The molecular formula is C17H19N3O2. The van der Waals surface area contributed by atoms with E-state index in [1.165, 1.54) is 0 Å². The topological polar surface area (TPSA) is 55.2 Å². The van der Waals surface area contributed by atoms with Gasteiger partial charge in [0.1, 0.15) is 0 Å². The molecule has 1 aliphatic rings. The van der Waals surface area contributed by atoms with Crippen LogP contribution in [0.2, 0.25) is 0 Å². The molecule has 0 aliphatic carbocycles. The maximum atomic E-state index is 12.6. The van der Waals surface area contributed by atoms with Gasteiger partial charge in [-0.25, -0.2) is 4.68 Å². The van der Waals surface area contributed by atoms with Crippen molar-refractivity contribution in [2.45, 2.75) is 26.7 Å². The van der Waals surface area contributed by atoms with Crippen molar-refractivity contribution in [2.75, 3.05) is 13.1 Å². The Morgan fingerprint density at radius 1 is 1.05 bits per heavy atom. The van der Waals surface area contributed by atoms with E-state index in [9.17, 15) is 9.59 Å². The molecule has 0 radical (unpaired) electrons. The molecule has 0 spiro atoms. The van der Waals surface area contributed by atoms with Crippen LogP contribution in [-0.2, 0) is 4.79 Å². The third-order valence-corrected chi connectivity index (χ3v) is 4.11. The Balaban J connectivity index is 1.96. The highest BCUT2D eigenvalue weighted by atomic mass is 16.2. The molecule has 1 aromatic carbocycles. The third kappa shape index (κ3) is 2.43. The first-order chi connectivity index (χ1) is 10.6. The minimum atomic E-state index is -0.445. The lowest BCUT2D eigenvalue weighted by Gasteiger charge is -2.14. The van der Waals surface area contributed by atoms with Gasteiger partial charge < -0.3 is 4.90 Å². The van der Waals surface area contributed by atoms with E-state index >= 15 is 0 Å². The summed E-state index contributed by atoms with van der Waals surface area (Å²) in [4.78, 5) is 26.5. The number of ketones is 1. The van der Waals surface area contributed by atoms with Crippen LogP contribution in [0.1, 0.15) is 34.6 Å². The second-order valence-corrected chi connectivity index (χ2v) is 5.62. The zero-order valence-electron chi connectivity index (χ0n) is 12.9. The van der Waals surface area contributed by atoms with Crippen LogP contribution in [0.3, 0.4) is 0 Å². The van der Waals surface area contributed by atoms with Crippen molar-refractivity contribution >= 4 is 11.7 Å². The molecule has 1 fully saturated rings. The zero-order chi connectivity index (χ0) is 15.7. The van der Waals surface area contributed by atoms with Gasteiger partial charge in [0.15, 0.2) is 0 Å². The Morgan fingerprint density at radius 2 is 1.68 bits per heavy atom. The normalized spacial score (nSPS) is 14.4. The summed E-state index contributed by atoms with van der Waals surface area (Å²) in [6.07, 6.45) is 1.94. The van der Waals surface area contributed by atoms with Crippen molar-refractivity contribution in [3.63, 3.8) is 0 Å². The molecule has 0 saturated carbocycles. The van der Waals surface area contributed by atoms with Crippen LogP contribution in [-0.4, -0.2) is 39.5 Å². The lowest BCUT2D eigenvalue weighted by Crippen LogP contribution is -2.34. The monoisotopic (exact) mass is 297 g/mol. The number of hydrogen-bond donors (Lipinski definition) is 0. The summed E-state index contributed by atoms with van der Waals surface area (Å²) in [5.74, 6) is -0.851. The summed E-state index contributed by atoms with van der Waals surface area (Å²) in [5.41, 5.74) is 2.62. The largest absolute Gasteiger partial charge is 0.336 e. The van der Waals surface area contributed by atoms with Crippen LogP contribution >= 0.6 is 0 Å². The molecule has 5 heteroatoms. The summed E-state index contributed by atoms with van der Waals surface area (Å²) < 4.78 is 1.72. The number of aromatic nitrogens is 2. The number of para-hydroxylation sites is 1. The molecule has 0 unspecified atom stereocenters. The SMILES string of the molecule is Cc1nn(-c2ccccc2)c(C)c1C(=O)C(=O)N1CCCC1. The summed E-state index contributed by atoms with van der Waals surface area (Å²) >= 11 is 0. The zero-order valence-corrected chi connectivity index (χ0v) is 12.9. The Morgan fingerprint density at radius 3 is 2.32 bits per heavy atom. The van der Waals surface area contributed by atoms with Gasteiger partial charge in [-0.15, -0.1) is 0 Å². The molecular weight excluding hydrogens is 278 g/mol. The highest BCUT2D eigenvalue weighted by Crippen LogP contribution is 2.20. The van der Waals surface area contributed by atoms with Crippen LogP contribution in [0.4, 0.5) is 0 Å². The molecule has 1 aromatic heterocycles. The molecule has 1 aliphatic heterocycles. The second kappa shape index (κ2) is 5.75. The Labute approximate surface area is 129 Å². The molecule has 2 heterocycles. The van der Waals surface area contributed by atoms with Gasteiger partial charge in [0.05, 0.1) is 22.6 Å². The van der Waals surface area contributed by atoms with Gasteiger partial charge in [-0.1, -0.05) is 18.2 Å². The molecule has 3 rings (SSSR count). The van der Waals surface area contributed by atoms with E-state index in [1.807, 2.05) is 37.3 Å². The Bertz CT molecular complexity index is 713. The summed E-state index contributed by atoms with van der Waals surface area (Å²) in [6.45, 7) is 4.96. The van der Waals surface area contributed by atoms with Crippen molar-refractivity contribution in [2.24, 2.45) is 0 Å². The second-order valence-electron chi connectivity index (χ2n) is 5.62. The lowest BCUT2D eigenvalue weighted by atomic mass is 10.1. The molecule has 0 atom stereocenters. The maximum absolute atomic E-state index is 12.6. The maximum Gasteiger partial charge on any atom is 0.295 e. The minimum absolute atomic E-state index is 0.406. The van der Waals surface area contributed by atoms with E-state index in [0.29, 0.717) is 30.0 Å². The smallest absolute Gasteiger partial charge is 0.295 e. The predicted molar refractivity (Wildman–Crippen MR) is 83.2 cm³/mol. The van der Waals surface area contributed by atoms with E-state index in [-0.39, 0.29) is 0 Å². The number of carbonyl (C=O) groups excluding carboxylic acids is 2. The first-order valence-electron chi connectivity index (χ1n) is 7.55. The van der Waals surface area contributed by atoms with Crippen molar-refractivity contribution < 1.29 is 9.59 Å². The van der Waals surface area contributed by atoms with Gasteiger partial charge >= 0.3 is 0 Å². The average Bonchev–Trinajstić information content (AvgIpc) is 3.15. The van der Waals surface area contributed by atoms with Crippen molar-refractivity contribution in [3.8, 4) is 5.69 Å². The van der Waals surface area contributed by atoms with Crippen molar-refractivity contribution in [1.29, 1.82) is 0 Å². The standard InChI is InChI=1S/C17H19N3O2/c1-12-15(16(21)17(22)19-10-6-7-11-19)13(2)20(18-12)14-8-4-3-5-9-14/h3-5,8-9H,6-7,10-11H2,1-2H3. The molecule has 1 saturated heterocycles. The quantitative estimate of drug-likeness (QED) is 0.645. The molecule has 5 nitrogen and oxygen atoms in total. The van der Waals surface area contributed by atoms with Crippen LogP contribution in [0.15, 0.2) is 30.3 Å². The number of aryl methyl sites for hydroxylation is 1. The van der Waals surface area contributed by atoms with Gasteiger partial charge in [-0.2, -0.15) is 5.10 Å². The van der Waals surface area contributed by atoms with Crippen molar-refractivity contribution in [3.05, 3.63) is 47.3 Å². The highest BCUT2D eigenvalue weighted by molar-refractivity contribution is 6.43. The molecule has 114 valence electrons. The minimum Gasteiger partial charge on any atom is -0.336 e. The fraction of sp³-hybridized carbons (Fsp3) is 0.353.